The number of rotatable bonds is 1. The fraction of sp³-hybridized carbons (Fsp3) is 0.375. The number of carbonyl (C=O) groups is 1. The summed E-state index contributed by atoms with van der Waals surface area (Å²) < 4.78 is 25.9. The number of benzene rings is 1. The van der Waals surface area contributed by atoms with Crippen molar-refractivity contribution in [2.75, 3.05) is 6.26 Å². The first-order chi connectivity index (χ1) is 11.0. The van der Waals surface area contributed by atoms with E-state index in [0.29, 0.717) is 11.8 Å². The quantitative estimate of drug-likeness (QED) is 0.395. The number of fused-ring (bicyclic) bond motifs is 1. The predicted molar refractivity (Wildman–Crippen MR) is 94.9 cm³/mol. The van der Waals surface area contributed by atoms with Gasteiger partial charge in [0.2, 0.25) is 0 Å². The Morgan fingerprint density at radius 2 is 1.92 bits per heavy atom. The molecule has 0 spiro atoms. The van der Waals surface area contributed by atoms with Gasteiger partial charge in [-0.15, -0.1) is 0 Å². The van der Waals surface area contributed by atoms with Crippen LogP contribution in [0, 0.1) is 12.8 Å². The van der Waals surface area contributed by atoms with Crippen molar-refractivity contribution in [3.05, 3.63) is 40.5 Å². The Morgan fingerprint density at radius 3 is 2.46 bits per heavy atom. The van der Waals surface area contributed by atoms with E-state index in [9.17, 15) is 13.2 Å². The summed E-state index contributed by atoms with van der Waals surface area (Å²) in [5.41, 5.74) is 14.8. The Kier molecular flexibility index (Phi) is 6.68. The first kappa shape index (κ1) is 19.9. The Labute approximate surface area is 142 Å². The Hall–Kier alpha value is -2.19. The van der Waals surface area contributed by atoms with E-state index in [0.717, 1.165) is 18.4 Å². The van der Waals surface area contributed by atoms with Crippen LogP contribution in [0.15, 0.2) is 28.8 Å². The van der Waals surface area contributed by atoms with E-state index in [2.05, 4.69) is 17.1 Å². The van der Waals surface area contributed by atoms with Gasteiger partial charge in [-0.2, -0.15) is 13.4 Å². The lowest BCUT2D eigenvalue weighted by Crippen LogP contribution is -2.25. The second-order valence-corrected chi connectivity index (χ2v) is 7.23. The molecule has 0 bridgehead atoms. The van der Waals surface area contributed by atoms with E-state index in [1.807, 2.05) is 26.0 Å². The minimum atomic E-state index is -3.67. The largest absolute Gasteiger partial charge is 0.370 e. The third-order valence-corrected chi connectivity index (χ3v) is 3.57. The van der Waals surface area contributed by atoms with E-state index < -0.39 is 10.1 Å². The average Bonchev–Trinajstić information content (AvgIpc) is 2.57. The molecule has 0 fully saturated rings. The molecule has 0 aliphatic heterocycles. The van der Waals surface area contributed by atoms with Gasteiger partial charge in [0, 0.05) is 5.57 Å². The molecular weight excluding hydrogens is 330 g/mol. The van der Waals surface area contributed by atoms with Crippen molar-refractivity contribution < 1.29 is 17.8 Å². The topological polar surface area (TPSA) is 136 Å². The third-order valence-electron chi connectivity index (χ3n) is 3.57. The maximum atomic E-state index is 12.1. The first-order valence-corrected chi connectivity index (χ1v) is 9.20. The Bertz CT molecular complexity index is 771. The van der Waals surface area contributed by atoms with Crippen molar-refractivity contribution in [1.29, 1.82) is 0 Å². The van der Waals surface area contributed by atoms with Crippen LogP contribution in [0.3, 0.4) is 0 Å². The van der Waals surface area contributed by atoms with Crippen molar-refractivity contribution in [3.8, 4) is 0 Å². The highest BCUT2D eigenvalue weighted by Gasteiger charge is 2.21. The molecule has 0 heterocycles. The highest BCUT2D eigenvalue weighted by atomic mass is 32.2. The van der Waals surface area contributed by atoms with Gasteiger partial charge in [0.15, 0.2) is 5.96 Å². The molecule has 132 valence electrons. The zero-order valence-corrected chi connectivity index (χ0v) is 14.8. The average molecular weight is 353 g/mol. The zero-order chi connectivity index (χ0) is 18.5. The highest BCUT2D eigenvalue weighted by Crippen LogP contribution is 2.29. The van der Waals surface area contributed by atoms with Gasteiger partial charge in [0.25, 0.3) is 16.0 Å². The molecular formula is C16H23N3O4S. The summed E-state index contributed by atoms with van der Waals surface area (Å²) in [5, 5.41) is 0. The number of nitrogens with two attached hydrogens (primary N) is 2. The van der Waals surface area contributed by atoms with Gasteiger partial charge in [-0.05, 0) is 48.4 Å². The summed E-state index contributed by atoms with van der Waals surface area (Å²) in [4.78, 5) is 15.7. The molecule has 2 rings (SSSR count). The molecule has 5 N–H and O–H groups in total. The van der Waals surface area contributed by atoms with E-state index in [1.54, 1.807) is 0 Å². The zero-order valence-electron chi connectivity index (χ0n) is 14.0. The first-order valence-electron chi connectivity index (χ1n) is 7.35. The number of hydrogen-bond donors (Lipinski definition) is 3. The van der Waals surface area contributed by atoms with E-state index >= 15 is 0 Å². The summed E-state index contributed by atoms with van der Waals surface area (Å²) in [7, 11) is -3.67. The second-order valence-electron chi connectivity index (χ2n) is 5.76. The van der Waals surface area contributed by atoms with Crippen molar-refractivity contribution >= 4 is 28.1 Å². The number of nitrogens with zero attached hydrogens (tertiary/aromatic N) is 1. The summed E-state index contributed by atoms with van der Waals surface area (Å²) in [6, 6.07) is 6.21. The fourth-order valence-corrected chi connectivity index (χ4v) is 2.45. The molecule has 0 aromatic heterocycles. The molecule has 1 amide bonds. The van der Waals surface area contributed by atoms with Crippen LogP contribution in [0.25, 0.3) is 6.08 Å². The molecule has 7 nitrogen and oxygen atoms in total. The molecule has 24 heavy (non-hydrogen) atoms. The Balaban J connectivity index is 0.000000505. The number of hydrogen-bond acceptors (Lipinski definition) is 3. The lowest BCUT2D eigenvalue weighted by molar-refractivity contribution is -0.114. The molecule has 0 saturated carbocycles. The van der Waals surface area contributed by atoms with Crippen LogP contribution in [-0.4, -0.2) is 31.1 Å². The maximum absolute atomic E-state index is 12.1. The van der Waals surface area contributed by atoms with Crippen molar-refractivity contribution in [2.45, 2.75) is 26.7 Å². The number of guanidine groups is 1. The second kappa shape index (κ2) is 8.07. The van der Waals surface area contributed by atoms with Crippen LogP contribution in [0.1, 0.15) is 30.0 Å². The van der Waals surface area contributed by atoms with Crippen LogP contribution >= 0.6 is 0 Å². The minimum absolute atomic E-state index is 0.155. The third kappa shape index (κ3) is 6.51. The smallest absolute Gasteiger partial charge is 0.276 e. The fourth-order valence-electron chi connectivity index (χ4n) is 2.45. The van der Waals surface area contributed by atoms with Gasteiger partial charge in [-0.1, -0.05) is 25.1 Å². The lowest BCUT2D eigenvalue weighted by Gasteiger charge is -2.09. The van der Waals surface area contributed by atoms with Crippen LogP contribution < -0.4 is 11.5 Å². The monoisotopic (exact) mass is 353 g/mol. The van der Waals surface area contributed by atoms with Gasteiger partial charge < -0.3 is 11.5 Å². The van der Waals surface area contributed by atoms with Gasteiger partial charge in [0.05, 0.1) is 6.26 Å². The summed E-state index contributed by atoms with van der Waals surface area (Å²) in [6.07, 6.45) is 4.55. The van der Waals surface area contributed by atoms with Crippen molar-refractivity contribution in [2.24, 2.45) is 22.4 Å². The van der Waals surface area contributed by atoms with Crippen molar-refractivity contribution in [3.63, 3.8) is 0 Å². The van der Waals surface area contributed by atoms with Gasteiger partial charge in [0.1, 0.15) is 0 Å². The molecule has 1 atom stereocenters. The van der Waals surface area contributed by atoms with Crippen molar-refractivity contribution in [1.82, 2.24) is 0 Å². The maximum Gasteiger partial charge on any atom is 0.276 e. The standard InChI is InChI=1S/C15H19N3O.CH4O3S/c1-9-4-3-5-11-7-6-10(2)13(8-12(9)11)14(19)18-15(16)17;1-5(2,3)4/h3-5,8,10H,6-7H2,1-2H3,(H4,16,17,18,19);1H3,(H,2,3,4). The normalized spacial score (nSPS) is 16.7. The van der Waals surface area contributed by atoms with Gasteiger partial charge in [-0.25, -0.2) is 0 Å². The van der Waals surface area contributed by atoms with Gasteiger partial charge >= 0.3 is 0 Å². The molecule has 0 radical (unpaired) electrons. The predicted octanol–water partition coefficient (Wildman–Crippen LogP) is 1.26. The van der Waals surface area contributed by atoms with Crippen LogP contribution in [0.5, 0.6) is 0 Å². The van der Waals surface area contributed by atoms with Crippen LogP contribution in [-0.2, 0) is 21.3 Å². The molecule has 8 heteroatoms. The summed E-state index contributed by atoms with van der Waals surface area (Å²) >= 11 is 0. The number of aliphatic imine (C=N–C) groups is 1. The number of aryl methyl sites for hydroxylation is 2. The van der Waals surface area contributed by atoms with Gasteiger partial charge in [-0.3, -0.25) is 9.35 Å². The number of amides is 1. The molecule has 1 aliphatic rings. The Morgan fingerprint density at radius 1 is 1.33 bits per heavy atom. The van der Waals surface area contributed by atoms with Crippen LogP contribution in [0.4, 0.5) is 0 Å². The molecule has 1 aromatic carbocycles. The molecule has 0 saturated heterocycles. The number of carbonyl (C=O) groups excluding carboxylic acids is 1. The van der Waals surface area contributed by atoms with Crippen LogP contribution in [0.2, 0.25) is 0 Å². The SMILES string of the molecule is CS(=O)(=O)O.Cc1cccc2c1C=C(C(=O)N=C(N)N)C(C)CC2. The molecule has 1 aromatic rings. The highest BCUT2D eigenvalue weighted by molar-refractivity contribution is 7.85. The summed E-state index contributed by atoms with van der Waals surface area (Å²) in [5.74, 6) is -0.363. The van der Waals surface area contributed by atoms with E-state index in [1.165, 1.54) is 11.1 Å². The van der Waals surface area contributed by atoms with E-state index in [-0.39, 0.29) is 17.8 Å². The molecule has 1 unspecified atom stereocenters. The van der Waals surface area contributed by atoms with E-state index in [4.69, 9.17) is 16.0 Å². The minimum Gasteiger partial charge on any atom is -0.370 e. The lowest BCUT2D eigenvalue weighted by atomic mass is 9.96. The summed E-state index contributed by atoms with van der Waals surface area (Å²) in [6.45, 7) is 4.08. The molecule has 1 aliphatic carbocycles.